The highest BCUT2D eigenvalue weighted by molar-refractivity contribution is 6.09. The molecule has 1 nitrogen and oxygen atoms in total. The minimum absolute atomic E-state index is 0.0299. The maximum Gasteiger partial charge on any atom is 0.202 e. The smallest absolute Gasteiger partial charge is 0.202 e. The molecule has 0 unspecified atom stereocenters. The number of carbonyl (C=O) groups excluding carboxylic acids is 1. The lowest BCUT2D eigenvalue weighted by atomic mass is 9.99. The molecule has 2 rings (SSSR count). The first-order valence-electron chi connectivity index (χ1n) is 5.46. The van der Waals surface area contributed by atoms with Crippen LogP contribution in [0.3, 0.4) is 0 Å². The second-order valence-electron chi connectivity index (χ2n) is 4.13. The molecule has 0 bridgehead atoms. The summed E-state index contributed by atoms with van der Waals surface area (Å²) in [5.41, 5.74) is -1.97. The van der Waals surface area contributed by atoms with Gasteiger partial charge < -0.3 is 0 Å². The van der Waals surface area contributed by atoms with Gasteiger partial charge in [-0.05, 0) is 24.6 Å². The van der Waals surface area contributed by atoms with E-state index in [0.717, 1.165) is 12.1 Å². The molecule has 0 radical (unpaired) electrons. The van der Waals surface area contributed by atoms with Gasteiger partial charge in [0.05, 0.1) is 11.1 Å². The molecule has 2 aromatic rings. The van der Waals surface area contributed by atoms with Gasteiger partial charge in [0.2, 0.25) is 5.78 Å². The summed E-state index contributed by atoms with van der Waals surface area (Å²) < 4.78 is 66.6. The first kappa shape index (κ1) is 14.2. The van der Waals surface area contributed by atoms with Crippen molar-refractivity contribution < 1.29 is 26.7 Å². The molecule has 0 aliphatic carbocycles. The lowest BCUT2D eigenvalue weighted by molar-refractivity contribution is 0.102. The Bertz CT molecular complexity index is 709. The van der Waals surface area contributed by atoms with Crippen LogP contribution in [0.15, 0.2) is 24.3 Å². The van der Waals surface area contributed by atoms with E-state index >= 15 is 0 Å². The van der Waals surface area contributed by atoms with Crippen molar-refractivity contribution >= 4 is 5.78 Å². The number of carbonyl (C=O) groups is 1. The number of aryl methyl sites for hydroxylation is 1. The average Bonchev–Trinajstić information content (AvgIpc) is 2.38. The molecule has 6 heteroatoms. The van der Waals surface area contributed by atoms with E-state index in [1.807, 2.05) is 0 Å². The molecule has 0 aliphatic rings. The summed E-state index contributed by atoms with van der Waals surface area (Å²) in [5, 5.41) is 0. The van der Waals surface area contributed by atoms with Gasteiger partial charge in [0.15, 0.2) is 11.6 Å². The van der Waals surface area contributed by atoms with Crippen molar-refractivity contribution in [2.75, 3.05) is 0 Å². The zero-order valence-electron chi connectivity index (χ0n) is 10.1. The van der Waals surface area contributed by atoms with Gasteiger partial charge in [-0.25, -0.2) is 22.0 Å². The summed E-state index contributed by atoms with van der Waals surface area (Å²) in [5.74, 6) is -8.14. The highest BCUT2D eigenvalue weighted by atomic mass is 19.2. The normalized spacial score (nSPS) is 10.7. The van der Waals surface area contributed by atoms with E-state index in [4.69, 9.17) is 0 Å². The molecular formula is C14H7F5O. The molecule has 0 aromatic heterocycles. The number of rotatable bonds is 2. The number of hydrogen-bond acceptors (Lipinski definition) is 1. The van der Waals surface area contributed by atoms with Gasteiger partial charge in [0.25, 0.3) is 0 Å². The third-order valence-electron chi connectivity index (χ3n) is 2.77. The van der Waals surface area contributed by atoms with Crippen LogP contribution in [-0.2, 0) is 0 Å². The minimum Gasteiger partial charge on any atom is -0.288 e. The molecular weight excluding hydrogens is 279 g/mol. The minimum atomic E-state index is -1.50. The zero-order chi connectivity index (χ0) is 15.0. The van der Waals surface area contributed by atoms with Gasteiger partial charge in [0.1, 0.15) is 17.5 Å². The zero-order valence-corrected chi connectivity index (χ0v) is 10.1. The largest absolute Gasteiger partial charge is 0.288 e. The Morgan fingerprint density at radius 3 is 2.10 bits per heavy atom. The summed E-state index contributed by atoms with van der Waals surface area (Å²) in [6.07, 6.45) is 0. The van der Waals surface area contributed by atoms with Gasteiger partial charge in [-0.1, -0.05) is 6.07 Å². The second-order valence-corrected chi connectivity index (χ2v) is 4.13. The molecule has 0 aliphatic heterocycles. The Morgan fingerprint density at radius 1 is 0.850 bits per heavy atom. The Hall–Kier alpha value is -2.24. The van der Waals surface area contributed by atoms with E-state index in [1.165, 1.54) is 6.92 Å². The van der Waals surface area contributed by atoms with Crippen LogP contribution in [0.25, 0.3) is 0 Å². The highest BCUT2D eigenvalue weighted by Gasteiger charge is 2.24. The topological polar surface area (TPSA) is 17.1 Å². The van der Waals surface area contributed by atoms with Crippen molar-refractivity contribution in [3.63, 3.8) is 0 Å². The standard InChI is InChI=1S/C14H7F5O/c1-6-2-3-8(15)12(13(6)19)14(20)7-4-10(17)11(18)5-9(7)16/h2-5H,1H3. The summed E-state index contributed by atoms with van der Waals surface area (Å²) in [7, 11) is 0. The Morgan fingerprint density at radius 2 is 1.45 bits per heavy atom. The molecule has 0 saturated carbocycles. The number of hydrogen-bond donors (Lipinski definition) is 0. The molecule has 0 saturated heterocycles. The van der Waals surface area contributed by atoms with Gasteiger partial charge in [0, 0.05) is 6.07 Å². The predicted octanol–water partition coefficient (Wildman–Crippen LogP) is 3.92. The van der Waals surface area contributed by atoms with E-state index in [0.29, 0.717) is 0 Å². The monoisotopic (exact) mass is 286 g/mol. The predicted molar refractivity (Wildman–Crippen MR) is 60.8 cm³/mol. The molecule has 0 atom stereocenters. The van der Waals surface area contributed by atoms with Crippen molar-refractivity contribution in [2.24, 2.45) is 0 Å². The molecule has 104 valence electrons. The molecule has 20 heavy (non-hydrogen) atoms. The van der Waals surface area contributed by atoms with Crippen LogP contribution in [0.1, 0.15) is 21.5 Å². The Balaban J connectivity index is 2.64. The van der Waals surface area contributed by atoms with E-state index < -0.39 is 46.0 Å². The fraction of sp³-hybridized carbons (Fsp3) is 0.0714. The van der Waals surface area contributed by atoms with Crippen LogP contribution in [0.2, 0.25) is 0 Å². The van der Waals surface area contributed by atoms with E-state index in [2.05, 4.69) is 0 Å². The number of ketones is 1. The fourth-order valence-electron chi connectivity index (χ4n) is 1.70. The van der Waals surface area contributed by atoms with Crippen LogP contribution in [0.4, 0.5) is 22.0 Å². The quantitative estimate of drug-likeness (QED) is 0.464. The van der Waals surface area contributed by atoms with Gasteiger partial charge in [-0.15, -0.1) is 0 Å². The van der Waals surface area contributed by atoms with Crippen molar-refractivity contribution in [3.05, 3.63) is 70.0 Å². The van der Waals surface area contributed by atoms with Crippen molar-refractivity contribution in [1.29, 1.82) is 0 Å². The summed E-state index contributed by atoms with van der Waals surface area (Å²) in [6, 6.07) is 2.36. The molecule has 0 N–H and O–H groups in total. The van der Waals surface area contributed by atoms with Crippen molar-refractivity contribution in [2.45, 2.75) is 6.92 Å². The van der Waals surface area contributed by atoms with Crippen molar-refractivity contribution in [3.8, 4) is 0 Å². The van der Waals surface area contributed by atoms with Crippen LogP contribution in [0, 0.1) is 36.0 Å². The Kier molecular flexibility index (Phi) is 3.57. The van der Waals surface area contributed by atoms with E-state index in [-0.39, 0.29) is 17.7 Å². The molecule has 2 aromatic carbocycles. The number of halogens is 5. The van der Waals surface area contributed by atoms with Gasteiger partial charge in [-0.2, -0.15) is 0 Å². The second kappa shape index (κ2) is 5.03. The maximum absolute atomic E-state index is 13.8. The van der Waals surface area contributed by atoms with E-state index in [9.17, 15) is 26.7 Å². The third-order valence-corrected chi connectivity index (χ3v) is 2.77. The van der Waals surface area contributed by atoms with Crippen LogP contribution in [-0.4, -0.2) is 5.78 Å². The van der Waals surface area contributed by atoms with Crippen LogP contribution >= 0.6 is 0 Å². The first-order chi connectivity index (χ1) is 9.32. The van der Waals surface area contributed by atoms with E-state index in [1.54, 1.807) is 0 Å². The molecule has 0 amide bonds. The summed E-state index contributed by atoms with van der Waals surface area (Å²) in [4.78, 5) is 11.9. The number of benzene rings is 2. The van der Waals surface area contributed by atoms with Gasteiger partial charge >= 0.3 is 0 Å². The van der Waals surface area contributed by atoms with Crippen LogP contribution < -0.4 is 0 Å². The van der Waals surface area contributed by atoms with Gasteiger partial charge in [-0.3, -0.25) is 4.79 Å². The average molecular weight is 286 g/mol. The Labute approximate surface area is 110 Å². The van der Waals surface area contributed by atoms with Crippen LogP contribution in [0.5, 0.6) is 0 Å². The van der Waals surface area contributed by atoms with Crippen molar-refractivity contribution in [1.82, 2.24) is 0 Å². The lowest BCUT2D eigenvalue weighted by Crippen LogP contribution is -2.11. The molecule has 0 fully saturated rings. The highest BCUT2D eigenvalue weighted by Crippen LogP contribution is 2.23. The molecule has 0 spiro atoms. The SMILES string of the molecule is Cc1ccc(F)c(C(=O)c2cc(F)c(F)cc2F)c1F. The first-order valence-corrected chi connectivity index (χ1v) is 5.46. The third kappa shape index (κ3) is 2.29. The summed E-state index contributed by atoms with van der Waals surface area (Å²) in [6.45, 7) is 1.28. The fourth-order valence-corrected chi connectivity index (χ4v) is 1.70. The summed E-state index contributed by atoms with van der Waals surface area (Å²) >= 11 is 0. The lowest BCUT2D eigenvalue weighted by Gasteiger charge is -2.08. The maximum atomic E-state index is 13.8. The molecule has 0 heterocycles.